The Labute approximate surface area is 97.2 Å². The van der Waals surface area contributed by atoms with E-state index in [0.717, 1.165) is 16.7 Å². The number of aryl methyl sites for hydroxylation is 3. The molecule has 0 amide bonds. The summed E-state index contributed by atoms with van der Waals surface area (Å²) in [6, 6.07) is 3.59. The molecule has 4 heteroatoms. The monoisotopic (exact) mass is 239 g/mol. The summed E-state index contributed by atoms with van der Waals surface area (Å²) in [5, 5.41) is 0. The second kappa shape index (κ2) is 4.80. The van der Waals surface area contributed by atoms with Crippen molar-refractivity contribution in [2.75, 3.05) is 6.54 Å². The third kappa shape index (κ3) is 2.71. The lowest BCUT2D eigenvalue weighted by molar-refractivity contribution is 0.585. The van der Waals surface area contributed by atoms with Crippen molar-refractivity contribution in [2.24, 2.45) is 0 Å². The molecule has 0 unspecified atom stereocenters. The average molecular weight is 239 g/mol. The molecular formula is C12H17NO2S. The fourth-order valence-electron chi connectivity index (χ4n) is 1.47. The zero-order valence-corrected chi connectivity index (χ0v) is 10.7. The molecular weight excluding hydrogens is 222 g/mol. The van der Waals surface area contributed by atoms with Crippen LogP contribution in [0.1, 0.15) is 16.7 Å². The Bertz CT molecular complexity index is 504. The van der Waals surface area contributed by atoms with E-state index in [-0.39, 0.29) is 6.54 Å². The maximum atomic E-state index is 11.9. The summed E-state index contributed by atoms with van der Waals surface area (Å²) in [6.07, 6.45) is 1.52. The second-order valence-corrected chi connectivity index (χ2v) is 5.58. The van der Waals surface area contributed by atoms with Crippen LogP contribution in [-0.2, 0) is 10.0 Å². The fraction of sp³-hybridized carbons (Fsp3) is 0.333. The highest BCUT2D eigenvalue weighted by atomic mass is 32.2. The van der Waals surface area contributed by atoms with Crippen molar-refractivity contribution >= 4 is 10.0 Å². The topological polar surface area (TPSA) is 46.2 Å². The molecule has 3 nitrogen and oxygen atoms in total. The molecule has 1 aromatic carbocycles. The van der Waals surface area contributed by atoms with E-state index >= 15 is 0 Å². The lowest BCUT2D eigenvalue weighted by Crippen LogP contribution is -2.24. The zero-order valence-electron chi connectivity index (χ0n) is 9.87. The van der Waals surface area contributed by atoms with E-state index < -0.39 is 10.0 Å². The highest BCUT2D eigenvalue weighted by Crippen LogP contribution is 2.19. The van der Waals surface area contributed by atoms with Crippen LogP contribution in [0, 0.1) is 20.8 Å². The number of sulfonamides is 1. The van der Waals surface area contributed by atoms with Crippen molar-refractivity contribution in [1.82, 2.24) is 4.72 Å². The second-order valence-electron chi connectivity index (χ2n) is 3.84. The predicted octanol–water partition coefficient (Wildman–Crippen LogP) is 2.08. The molecule has 0 fully saturated rings. The van der Waals surface area contributed by atoms with Gasteiger partial charge in [-0.25, -0.2) is 13.1 Å². The van der Waals surface area contributed by atoms with Crippen molar-refractivity contribution in [1.29, 1.82) is 0 Å². The number of hydrogen-bond acceptors (Lipinski definition) is 2. The molecule has 1 rings (SSSR count). The minimum Gasteiger partial charge on any atom is -0.207 e. The Hall–Kier alpha value is -1.13. The van der Waals surface area contributed by atoms with Crippen molar-refractivity contribution in [3.63, 3.8) is 0 Å². The van der Waals surface area contributed by atoms with Crippen LogP contribution in [0.15, 0.2) is 29.7 Å². The minimum atomic E-state index is -3.41. The summed E-state index contributed by atoms with van der Waals surface area (Å²) in [7, 11) is -3.41. The Kier molecular flexibility index (Phi) is 3.88. The molecule has 0 saturated carbocycles. The van der Waals surface area contributed by atoms with Crippen LogP contribution in [0.5, 0.6) is 0 Å². The summed E-state index contributed by atoms with van der Waals surface area (Å²) in [5.41, 5.74) is 2.84. The minimum absolute atomic E-state index is 0.245. The van der Waals surface area contributed by atoms with Gasteiger partial charge in [-0.2, -0.15) is 0 Å². The third-order valence-corrected chi connectivity index (χ3v) is 4.06. The van der Waals surface area contributed by atoms with Gasteiger partial charge in [-0.15, -0.1) is 6.58 Å². The molecule has 0 saturated heterocycles. The van der Waals surface area contributed by atoms with Crippen LogP contribution < -0.4 is 4.72 Å². The van der Waals surface area contributed by atoms with Gasteiger partial charge < -0.3 is 0 Å². The smallest absolute Gasteiger partial charge is 0.207 e. The Morgan fingerprint density at radius 2 is 1.75 bits per heavy atom. The molecule has 88 valence electrons. The van der Waals surface area contributed by atoms with Gasteiger partial charge in [-0.3, -0.25) is 0 Å². The summed E-state index contributed by atoms with van der Waals surface area (Å²) >= 11 is 0. The first-order valence-corrected chi connectivity index (χ1v) is 6.55. The first kappa shape index (κ1) is 12.9. The normalized spacial score (nSPS) is 11.4. The zero-order chi connectivity index (χ0) is 12.3. The van der Waals surface area contributed by atoms with E-state index in [0.29, 0.717) is 4.90 Å². The van der Waals surface area contributed by atoms with Gasteiger partial charge in [0.05, 0.1) is 4.90 Å². The van der Waals surface area contributed by atoms with Gasteiger partial charge in [0.1, 0.15) is 0 Å². The molecule has 1 aromatic rings. The molecule has 0 spiro atoms. The molecule has 0 aliphatic rings. The van der Waals surface area contributed by atoms with Gasteiger partial charge in [-0.05, 0) is 43.5 Å². The predicted molar refractivity (Wildman–Crippen MR) is 66.0 cm³/mol. The van der Waals surface area contributed by atoms with Crippen LogP contribution >= 0.6 is 0 Å². The molecule has 1 N–H and O–H groups in total. The largest absolute Gasteiger partial charge is 0.241 e. The van der Waals surface area contributed by atoms with E-state index in [1.54, 1.807) is 13.0 Å². The van der Waals surface area contributed by atoms with E-state index in [4.69, 9.17) is 0 Å². The van der Waals surface area contributed by atoms with Gasteiger partial charge >= 0.3 is 0 Å². The number of rotatable bonds is 4. The summed E-state index contributed by atoms with van der Waals surface area (Å²) in [4.78, 5) is 0.345. The van der Waals surface area contributed by atoms with Gasteiger partial charge in [0, 0.05) is 6.54 Å². The molecule has 0 atom stereocenters. The van der Waals surface area contributed by atoms with Gasteiger partial charge in [0.2, 0.25) is 10.0 Å². The van der Waals surface area contributed by atoms with Crippen LogP contribution in [0.25, 0.3) is 0 Å². The Morgan fingerprint density at radius 3 is 2.31 bits per heavy atom. The molecule has 0 aliphatic heterocycles. The first-order valence-electron chi connectivity index (χ1n) is 5.07. The number of nitrogens with one attached hydrogen (secondary N) is 1. The SMILES string of the molecule is C=CCNS(=O)(=O)c1cc(C)c(C)cc1C. The first-order chi connectivity index (χ1) is 7.38. The van der Waals surface area contributed by atoms with Crippen molar-refractivity contribution in [2.45, 2.75) is 25.7 Å². The Balaban J connectivity index is 3.23. The standard InChI is InChI=1S/C12H17NO2S/c1-5-6-13-16(14,15)12-8-10(3)9(2)7-11(12)4/h5,7-8,13H,1,6H2,2-4H3. The van der Waals surface area contributed by atoms with Crippen molar-refractivity contribution in [3.8, 4) is 0 Å². The van der Waals surface area contributed by atoms with E-state index in [9.17, 15) is 8.42 Å². The average Bonchev–Trinajstić information content (AvgIpc) is 2.20. The number of hydrogen-bond donors (Lipinski definition) is 1. The molecule has 0 aliphatic carbocycles. The maximum Gasteiger partial charge on any atom is 0.241 e. The van der Waals surface area contributed by atoms with Crippen molar-refractivity contribution in [3.05, 3.63) is 41.5 Å². The summed E-state index contributed by atoms with van der Waals surface area (Å²) in [5.74, 6) is 0. The molecule has 0 heterocycles. The highest BCUT2D eigenvalue weighted by Gasteiger charge is 2.16. The van der Waals surface area contributed by atoms with Crippen LogP contribution in [0.4, 0.5) is 0 Å². The quantitative estimate of drug-likeness (QED) is 0.818. The van der Waals surface area contributed by atoms with E-state index in [1.807, 2.05) is 19.9 Å². The summed E-state index contributed by atoms with van der Waals surface area (Å²) < 4.78 is 26.3. The molecule has 16 heavy (non-hydrogen) atoms. The van der Waals surface area contributed by atoms with Crippen LogP contribution in [-0.4, -0.2) is 15.0 Å². The lowest BCUT2D eigenvalue weighted by Gasteiger charge is -2.10. The van der Waals surface area contributed by atoms with E-state index in [1.165, 1.54) is 6.08 Å². The lowest BCUT2D eigenvalue weighted by atomic mass is 10.1. The van der Waals surface area contributed by atoms with Gasteiger partial charge in [0.25, 0.3) is 0 Å². The molecule has 0 radical (unpaired) electrons. The van der Waals surface area contributed by atoms with Crippen molar-refractivity contribution < 1.29 is 8.42 Å². The molecule has 0 bridgehead atoms. The van der Waals surface area contributed by atoms with Gasteiger partial charge in [0.15, 0.2) is 0 Å². The van der Waals surface area contributed by atoms with Crippen LogP contribution in [0.3, 0.4) is 0 Å². The number of benzene rings is 1. The molecule has 0 aromatic heterocycles. The third-order valence-electron chi connectivity index (χ3n) is 2.50. The fourth-order valence-corrected chi connectivity index (χ4v) is 2.78. The van der Waals surface area contributed by atoms with Gasteiger partial charge in [-0.1, -0.05) is 12.1 Å². The summed E-state index contributed by atoms with van der Waals surface area (Å²) in [6.45, 7) is 9.40. The van der Waals surface area contributed by atoms with E-state index in [2.05, 4.69) is 11.3 Å². The Morgan fingerprint density at radius 1 is 1.19 bits per heavy atom. The van der Waals surface area contributed by atoms with Crippen LogP contribution in [0.2, 0.25) is 0 Å². The highest BCUT2D eigenvalue weighted by molar-refractivity contribution is 7.89. The maximum absolute atomic E-state index is 11.9.